The Hall–Kier alpha value is -2.88. The van der Waals surface area contributed by atoms with Gasteiger partial charge >= 0.3 is 0 Å². The third-order valence-electron chi connectivity index (χ3n) is 3.39. The van der Waals surface area contributed by atoms with Gasteiger partial charge in [-0.1, -0.05) is 42.5 Å². The third-order valence-corrected chi connectivity index (χ3v) is 3.39. The molecule has 4 rings (SSSR count). The van der Waals surface area contributed by atoms with Gasteiger partial charge in [0.05, 0.1) is 28.6 Å². The normalized spacial score (nSPS) is 11.0. The summed E-state index contributed by atoms with van der Waals surface area (Å²) in [4.78, 5) is 4.43. The molecule has 4 nitrogen and oxygen atoms in total. The van der Waals surface area contributed by atoms with Gasteiger partial charge in [0.1, 0.15) is 6.33 Å². The van der Waals surface area contributed by atoms with E-state index in [0.717, 1.165) is 28.0 Å². The zero-order valence-corrected chi connectivity index (χ0v) is 10.7. The van der Waals surface area contributed by atoms with Crippen molar-refractivity contribution in [2.24, 2.45) is 0 Å². The Morgan fingerprint density at radius 1 is 0.900 bits per heavy atom. The van der Waals surface area contributed by atoms with E-state index in [2.05, 4.69) is 37.9 Å². The zero-order valence-electron chi connectivity index (χ0n) is 10.7. The molecule has 2 aromatic carbocycles. The maximum atomic E-state index is 4.43. The number of hydrogen-bond acceptors (Lipinski definition) is 2. The van der Waals surface area contributed by atoms with Crippen LogP contribution in [0.4, 0.5) is 0 Å². The molecule has 2 heterocycles. The van der Waals surface area contributed by atoms with Crippen molar-refractivity contribution in [1.29, 1.82) is 0 Å². The predicted octanol–water partition coefficient (Wildman–Crippen LogP) is 3.42. The maximum Gasteiger partial charge on any atom is 0.101 e. The van der Waals surface area contributed by atoms with Crippen LogP contribution in [0.15, 0.2) is 67.1 Å². The molecule has 20 heavy (non-hydrogen) atoms. The number of hydrogen-bond donors (Lipinski definition) is 1. The molecule has 0 atom stereocenters. The molecular weight excluding hydrogens is 248 g/mol. The highest BCUT2D eigenvalue weighted by molar-refractivity contribution is 5.80. The molecule has 1 N–H and O–H groups in total. The van der Waals surface area contributed by atoms with Crippen LogP contribution in [0.3, 0.4) is 0 Å². The minimum Gasteiger partial charge on any atom is -0.295 e. The van der Waals surface area contributed by atoms with Gasteiger partial charge in [0, 0.05) is 5.56 Å². The minimum atomic E-state index is 0.979. The highest BCUT2D eigenvalue weighted by Gasteiger charge is 2.11. The van der Waals surface area contributed by atoms with Crippen molar-refractivity contribution in [3.05, 3.63) is 67.1 Å². The summed E-state index contributed by atoms with van der Waals surface area (Å²) < 4.78 is 2.06. The molecule has 0 unspecified atom stereocenters. The molecule has 96 valence electrons. The fraction of sp³-hybridized carbons (Fsp3) is 0. The second-order valence-corrected chi connectivity index (χ2v) is 4.60. The second-order valence-electron chi connectivity index (χ2n) is 4.60. The average Bonchev–Trinajstić information content (AvgIpc) is 3.14. The van der Waals surface area contributed by atoms with Gasteiger partial charge in [0.15, 0.2) is 0 Å². The number of imidazole rings is 1. The van der Waals surface area contributed by atoms with Crippen molar-refractivity contribution in [3.63, 3.8) is 0 Å². The van der Waals surface area contributed by atoms with E-state index < -0.39 is 0 Å². The van der Waals surface area contributed by atoms with Crippen LogP contribution in [0.2, 0.25) is 0 Å². The highest BCUT2D eigenvalue weighted by Crippen LogP contribution is 2.26. The Bertz CT molecular complexity index is 858. The number of fused-ring (bicyclic) bond motifs is 1. The largest absolute Gasteiger partial charge is 0.295 e. The number of nitrogens with one attached hydrogen (secondary N) is 1. The molecule has 0 saturated heterocycles. The summed E-state index contributed by atoms with van der Waals surface area (Å²) in [6, 6.07) is 18.3. The van der Waals surface area contributed by atoms with E-state index in [4.69, 9.17) is 0 Å². The number of nitrogens with zero attached hydrogens (tertiary/aromatic N) is 3. The lowest BCUT2D eigenvalue weighted by Gasteiger charge is -2.05. The minimum absolute atomic E-state index is 0.979. The van der Waals surface area contributed by atoms with Crippen LogP contribution < -0.4 is 0 Å². The van der Waals surface area contributed by atoms with Gasteiger partial charge in [-0.05, 0) is 12.1 Å². The Balaban J connectivity index is 1.94. The summed E-state index contributed by atoms with van der Waals surface area (Å²) in [5, 5.41) is 7.26. The van der Waals surface area contributed by atoms with Gasteiger partial charge in [-0.25, -0.2) is 4.98 Å². The molecule has 0 aliphatic heterocycles. The first-order valence-corrected chi connectivity index (χ1v) is 6.45. The molecule has 0 aliphatic carbocycles. The second kappa shape index (κ2) is 4.35. The van der Waals surface area contributed by atoms with E-state index in [9.17, 15) is 0 Å². The Morgan fingerprint density at radius 2 is 1.70 bits per heavy atom. The number of rotatable bonds is 2. The molecule has 0 aliphatic rings. The van der Waals surface area contributed by atoms with Gasteiger partial charge in [0.25, 0.3) is 0 Å². The summed E-state index contributed by atoms with van der Waals surface area (Å²) in [6.45, 7) is 0. The van der Waals surface area contributed by atoms with E-state index in [0.29, 0.717) is 0 Å². The van der Waals surface area contributed by atoms with E-state index in [1.54, 1.807) is 0 Å². The van der Waals surface area contributed by atoms with Crippen molar-refractivity contribution in [1.82, 2.24) is 19.7 Å². The fourth-order valence-corrected chi connectivity index (χ4v) is 2.43. The molecule has 2 aromatic heterocycles. The summed E-state index contributed by atoms with van der Waals surface area (Å²) in [7, 11) is 0. The van der Waals surface area contributed by atoms with Gasteiger partial charge in [-0.3, -0.25) is 9.67 Å². The standard InChI is InChI=1S/C16H12N4/c1-2-6-12(7-3-1)16-15(10-18-19-16)20-11-17-13-8-4-5-9-14(13)20/h1-11H,(H,18,19). The van der Waals surface area contributed by atoms with Crippen LogP contribution in [0.1, 0.15) is 0 Å². The van der Waals surface area contributed by atoms with Crippen LogP contribution in [0.25, 0.3) is 28.0 Å². The third kappa shape index (κ3) is 1.62. The van der Waals surface area contributed by atoms with Crippen LogP contribution in [0.5, 0.6) is 0 Å². The lowest BCUT2D eigenvalue weighted by Crippen LogP contribution is -1.92. The smallest absolute Gasteiger partial charge is 0.101 e. The van der Waals surface area contributed by atoms with Crippen LogP contribution in [-0.4, -0.2) is 19.7 Å². The Labute approximate surface area is 115 Å². The van der Waals surface area contributed by atoms with Crippen LogP contribution in [0, 0.1) is 0 Å². The number of aromatic amines is 1. The van der Waals surface area contributed by atoms with Gasteiger partial charge in [-0.2, -0.15) is 5.10 Å². The number of H-pyrrole nitrogens is 1. The number of aromatic nitrogens is 4. The molecule has 0 fully saturated rings. The summed E-state index contributed by atoms with van der Waals surface area (Å²) in [6.07, 6.45) is 3.67. The maximum absolute atomic E-state index is 4.43. The van der Waals surface area contributed by atoms with E-state index >= 15 is 0 Å². The first-order valence-electron chi connectivity index (χ1n) is 6.45. The first-order chi connectivity index (χ1) is 9.93. The quantitative estimate of drug-likeness (QED) is 0.600. The number of para-hydroxylation sites is 2. The van der Waals surface area contributed by atoms with Crippen molar-refractivity contribution in [2.75, 3.05) is 0 Å². The molecule has 0 saturated carbocycles. The fourth-order valence-electron chi connectivity index (χ4n) is 2.43. The van der Waals surface area contributed by atoms with E-state index in [1.807, 2.05) is 48.9 Å². The Morgan fingerprint density at radius 3 is 2.60 bits per heavy atom. The SMILES string of the molecule is c1ccc(-c2[nH]ncc2-n2cnc3ccccc32)cc1. The highest BCUT2D eigenvalue weighted by atomic mass is 15.2. The van der Waals surface area contributed by atoms with Crippen molar-refractivity contribution < 1.29 is 0 Å². The van der Waals surface area contributed by atoms with Crippen molar-refractivity contribution >= 4 is 11.0 Å². The topological polar surface area (TPSA) is 46.5 Å². The summed E-state index contributed by atoms with van der Waals surface area (Å²) in [5.74, 6) is 0. The molecule has 0 spiro atoms. The molecule has 0 bridgehead atoms. The average molecular weight is 260 g/mol. The molecule has 4 aromatic rings. The lowest BCUT2D eigenvalue weighted by molar-refractivity contribution is 1.09. The molecular formula is C16H12N4. The van der Waals surface area contributed by atoms with Crippen molar-refractivity contribution in [2.45, 2.75) is 0 Å². The predicted molar refractivity (Wildman–Crippen MR) is 78.7 cm³/mol. The summed E-state index contributed by atoms with van der Waals surface area (Å²) in [5.41, 5.74) is 5.16. The van der Waals surface area contributed by atoms with Crippen LogP contribution >= 0.6 is 0 Å². The zero-order chi connectivity index (χ0) is 13.4. The first kappa shape index (κ1) is 11.0. The Kier molecular flexibility index (Phi) is 2.39. The molecule has 0 radical (unpaired) electrons. The van der Waals surface area contributed by atoms with Crippen molar-refractivity contribution in [3.8, 4) is 16.9 Å². The van der Waals surface area contributed by atoms with Gasteiger partial charge in [-0.15, -0.1) is 0 Å². The lowest BCUT2D eigenvalue weighted by atomic mass is 10.1. The summed E-state index contributed by atoms with van der Waals surface area (Å²) >= 11 is 0. The molecule has 0 amide bonds. The van der Waals surface area contributed by atoms with E-state index in [-0.39, 0.29) is 0 Å². The van der Waals surface area contributed by atoms with Gasteiger partial charge < -0.3 is 0 Å². The van der Waals surface area contributed by atoms with E-state index in [1.165, 1.54) is 0 Å². The van der Waals surface area contributed by atoms with Gasteiger partial charge in [0.2, 0.25) is 0 Å². The molecule has 4 heteroatoms. The number of benzene rings is 2. The monoisotopic (exact) mass is 260 g/mol. The van der Waals surface area contributed by atoms with Crippen LogP contribution in [-0.2, 0) is 0 Å².